The van der Waals surface area contributed by atoms with Gasteiger partial charge < -0.3 is 10.3 Å². The van der Waals surface area contributed by atoms with Crippen LogP contribution in [-0.2, 0) is 6.54 Å². The van der Waals surface area contributed by atoms with Crippen LogP contribution in [0.2, 0.25) is 0 Å². The highest BCUT2D eigenvalue weighted by molar-refractivity contribution is 9.10. The Bertz CT molecular complexity index is 1080. The Kier molecular flexibility index (Phi) is 4.15. The molecule has 4 rings (SSSR count). The Morgan fingerprint density at radius 3 is 2.48 bits per heavy atom. The number of hydrogen-bond donors (Lipinski definition) is 2. The molecule has 0 aliphatic rings. The standard InChI is InChI=1S/C20H16BrN3O/c21-17-9-5-4-6-14(17)13-24-19-11-10-16(12-18(19)23-20(24)25)22-15-7-2-1-3-8-15/h1-12,22H,13H2,(H,23,25). The van der Waals surface area contributed by atoms with Crippen LogP contribution in [0.4, 0.5) is 11.4 Å². The van der Waals surface area contributed by atoms with Crippen molar-refractivity contribution in [1.82, 2.24) is 9.55 Å². The number of anilines is 2. The molecule has 0 atom stereocenters. The third kappa shape index (κ3) is 3.23. The summed E-state index contributed by atoms with van der Waals surface area (Å²) in [5.74, 6) is 0. The summed E-state index contributed by atoms with van der Waals surface area (Å²) in [6.45, 7) is 0.520. The summed E-state index contributed by atoms with van der Waals surface area (Å²) in [6, 6.07) is 23.8. The maximum absolute atomic E-state index is 12.4. The third-order valence-electron chi connectivity index (χ3n) is 4.12. The number of fused-ring (bicyclic) bond motifs is 1. The molecule has 0 saturated heterocycles. The smallest absolute Gasteiger partial charge is 0.326 e. The van der Waals surface area contributed by atoms with Gasteiger partial charge in [-0.2, -0.15) is 0 Å². The van der Waals surface area contributed by atoms with Crippen LogP contribution < -0.4 is 11.0 Å². The first-order valence-corrected chi connectivity index (χ1v) is 8.78. The summed E-state index contributed by atoms with van der Waals surface area (Å²) in [6.07, 6.45) is 0. The fourth-order valence-corrected chi connectivity index (χ4v) is 3.29. The van der Waals surface area contributed by atoms with Crippen LogP contribution in [-0.4, -0.2) is 9.55 Å². The fourth-order valence-electron chi connectivity index (χ4n) is 2.88. The number of para-hydroxylation sites is 1. The van der Waals surface area contributed by atoms with Gasteiger partial charge in [-0.25, -0.2) is 4.79 Å². The summed E-state index contributed by atoms with van der Waals surface area (Å²) in [7, 11) is 0. The lowest BCUT2D eigenvalue weighted by Gasteiger charge is -2.08. The Morgan fingerprint density at radius 1 is 0.920 bits per heavy atom. The Hall–Kier alpha value is -2.79. The van der Waals surface area contributed by atoms with E-state index in [2.05, 4.69) is 26.2 Å². The topological polar surface area (TPSA) is 49.8 Å². The van der Waals surface area contributed by atoms with E-state index in [9.17, 15) is 4.79 Å². The van der Waals surface area contributed by atoms with E-state index in [0.29, 0.717) is 6.54 Å². The predicted octanol–water partition coefficient (Wildman–Crippen LogP) is 4.88. The molecule has 0 radical (unpaired) electrons. The van der Waals surface area contributed by atoms with E-state index in [1.54, 1.807) is 4.57 Å². The van der Waals surface area contributed by atoms with Gasteiger partial charge in [-0.15, -0.1) is 0 Å². The van der Waals surface area contributed by atoms with Crippen molar-refractivity contribution < 1.29 is 0 Å². The lowest BCUT2D eigenvalue weighted by molar-refractivity contribution is 0.784. The van der Waals surface area contributed by atoms with E-state index in [1.165, 1.54) is 0 Å². The van der Waals surface area contributed by atoms with Crippen LogP contribution in [0, 0.1) is 0 Å². The molecule has 0 amide bonds. The predicted molar refractivity (Wildman–Crippen MR) is 106 cm³/mol. The molecule has 4 nitrogen and oxygen atoms in total. The summed E-state index contributed by atoms with van der Waals surface area (Å²) >= 11 is 3.54. The summed E-state index contributed by atoms with van der Waals surface area (Å²) < 4.78 is 2.75. The molecule has 1 aromatic heterocycles. The molecule has 0 spiro atoms. The highest BCUT2D eigenvalue weighted by Gasteiger charge is 2.09. The number of imidazole rings is 1. The van der Waals surface area contributed by atoms with Gasteiger partial charge in [0, 0.05) is 15.8 Å². The molecule has 0 fully saturated rings. The van der Waals surface area contributed by atoms with Crippen LogP contribution in [0.15, 0.2) is 82.1 Å². The quantitative estimate of drug-likeness (QED) is 0.518. The van der Waals surface area contributed by atoms with Gasteiger partial charge in [-0.1, -0.05) is 52.3 Å². The zero-order chi connectivity index (χ0) is 17.2. The largest absolute Gasteiger partial charge is 0.355 e. The highest BCUT2D eigenvalue weighted by atomic mass is 79.9. The van der Waals surface area contributed by atoms with E-state index in [4.69, 9.17) is 0 Å². The molecule has 2 N–H and O–H groups in total. The average Bonchev–Trinajstić information content (AvgIpc) is 2.92. The van der Waals surface area contributed by atoms with Crippen LogP contribution in [0.3, 0.4) is 0 Å². The van der Waals surface area contributed by atoms with Crippen molar-refractivity contribution in [2.75, 3.05) is 5.32 Å². The molecular formula is C20H16BrN3O. The van der Waals surface area contributed by atoms with Crippen molar-refractivity contribution >= 4 is 38.3 Å². The zero-order valence-corrected chi connectivity index (χ0v) is 15.0. The van der Waals surface area contributed by atoms with Crippen molar-refractivity contribution in [1.29, 1.82) is 0 Å². The number of H-pyrrole nitrogens is 1. The summed E-state index contributed by atoms with van der Waals surface area (Å²) in [5.41, 5.74) is 4.61. The van der Waals surface area contributed by atoms with E-state index in [-0.39, 0.29) is 5.69 Å². The monoisotopic (exact) mass is 393 g/mol. The number of nitrogens with zero attached hydrogens (tertiary/aromatic N) is 1. The SMILES string of the molecule is O=c1[nH]c2cc(Nc3ccccc3)ccc2n1Cc1ccccc1Br. The second kappa shape index (κ2) is 6.61. The molecule has 0 aliphatic carbocycles. The van der Waals surface area contributed by atoms with Gasteiger partial charge in [-0.3, -0.25) is 4.57 Å². The number of hydrogen-bond acceptors (Lipinski definition) is 2. The molecule has 1 heterocycles. The van der Waals surface area contributed by atoms with Crippen molar-refractivity contribution in [3.63, 3.8) is 0 Å². The minimum absolute atomic E-state index is 0.109. The lowest BCUT2D eigenvalue weighted by Crippen LogP contribution is -2.17. The number of aromatic amines is 1. The normalized spacial score (nSPS) is 10.9. The van der Waals surface area contributed by atoms with Crippen LogP contribution in [0.1, 0.15) is 5.56 Å². The Balaban J connectivity index is 1.69. The van der Waals surface area contributed by atoms with Crippen LogP contribution in [0.25, 0.3) is 11.0 Å². The molecule has 0 aliphatic heterocycles. The maximum Gasteiger partial charge on any atom is 0.326 e. The summed E-state index contributed by atoms with van der Waals surface area (Å²) in [4.78, 5) is 15.3. The molecule has 124 valence electrons. The van der Waals surface area contributed by atoms with Crippen molar-refractivity contribution in [3.8, 4) is 0 Å². The van der Waals surface area contributed by atoms with Crippen molar-refractivity contribution in [3.05, 3.63) is 93.3 Å². The second-order valence-corrected chi connectivity index (χ2v) is 6.68. The lowest BCUT2D eigenvalue weighted by atomic mass is 10.2. The first-order valence-electron chi connectivity index (χ1n) is 7.99. The van der Waals surface area contributed by atoms with E-state index in [0.717, 1.165) is 32.4 Å². The number of nitrogens with one attached hydrogen (secondary N) is 2. The molecule has 0 saturated carbocycles. The van der Waals surface area contributed by atoms with E-state index < -0.39 is 0 Å². The van der Waals surface area contributed by atoms with Gasteiger partial charge >= 0.3 is 5.69 Å². The Morgan fingerprint density at radius 2 is 1.68 bits per heavy atom. The Labute approximate surface area is 153 Å². The molecule has 25 heavy (non-hydrogen) atoms. The van der Waals surface area contributed by atoms with Crippen LogP contribution >= 0.6 is 15.9 Å². The molecule has 4 aromatic rings. The highest BCUT2D eigenvalue weighted by Crippen LogP contribution is 2.22. The van der Waals surface area contributed by atoms with E-state index in [1.807, 2.05) is 72.8 Å². The minimum Gasteiger partial charge on any atom is -0.355 e. The van der Waals surface area contributed by atoms with Gasteiger partial charge in [0.15, 0.2) is 0 Å². The third-order valence-corrected chi connectivity index (χ3v) is 4.90. The number of benzene rings is 3. The molecular weight excluding hydrogens is 378 g/mol. The van der Waals surface area contributed by atoms with Crippen molar-refractivity contribution in [2.45, 2.75) is 6.54 Å². The first-order chi connectivity index (χ1) is 12.2. The van der Waals surface area contributed by atoms with Gasteiger partial charge in [0.05, 0.1) is 17.6 Å². The molecule has 5 heteroatoms. The number of rotatable bonds is 4. The molecule has 0 bridgehead atoms. The molecule has 0 unspecified atom stereocenters. The molecule has 3 aromatic carbocycles. The van der Waals surface area contributed by atoms with Gasteiger partial charge in [-0.05, 0) is 42.0 Å². The average molecular weight is 394 g/mol. The summed E-state index contributed by atoms with van der Waals surface area (Å²) in [5, 5.41) is 3.34. The van der Waals surface area contributed by atoms with Gasteiger partial charge in [0.1, 0.15) is 0 Å². The minimum atomic E-state index is -0.109. The maximum atomic E-state index is 12.4. The fraction of sp³-hybridized carbons (Fsp3) is 0.0500. The van der Waals surface area contributed by atoms with Crippen LogP contribution in [0.5, 0.6) is 0 Å². The number of aromatic nitrogens is 2. The first kappa shape index (κ1) is 15.7. The number of halogens is 1. The van der Waals surface area contributed by atoms with E-state index >= 15 is 0 Å². The van der Waals surface area contributed by atoms with Gasteiger partial charge in [0.2, 0.25) is 0 Å². The van der Waals surface area contributed by atoms with Crippen molar-refractivity contribution in [2.24, 2.45) is 0 Å². The van der Waals surface area contributed by atoms with Gasteiger partial charge in [0.25, 0.3) is 0 Å². The zero-order valence-electron chi connectivity index (χ0n) is 13.4. The second-order valence-electron chi connectivity index (χ2n) is 5.83.